The second kappa shape index (κ2) is 6.91. The average molecular weight is 361 g/mol. The highest BCUT2D eigenvalue weighted by atomic mass is 32.1. The monoisotopic (exact) mass is 361 g/mol. The number of benzene rings is 1. The summed E-state index contributed by atoms with van der Waals surface area (Å²) in [6, 6.07) is 5.82. The SMILES string of the molecule is Cc1nc(C(C)C)sc1COc1ccc2c(CC(=O)O)csc2c1. The quantitative estimate of drug-likeness (QED) is 0.671. The lowest BCUT2D eigenvalue weighted by molar-refractivity contribution is -0.136. The smallest absolute Gasteiger partial charge is 0.307 e. The van der Waals surface area contributed by atoms with E-state index in [-0.39, 0.29) is 6.42 Å². The van der Waals surface area contributed by atoms with Crippen LogP contribution in [0.15, 0.2) is 23.6 Å². The van der Waals surface area contributed by atoms with E-state index in [4.69, 9.17) is 9.84 Å². The zero-order valence-corrected chi connectivity index (χ0v) is 15.5. The van der Waals surface area contributed by atoms with Crippen LogP contribution >= 0.6 is 22.7 Å². The molecular weight excluding hydrogens is 342 g/mol. The minimum Gasteiger partial charge on any atom is -0.488 e. The predicted octanol–water partition coefficient (Wildman–Crippen LogP) is 5.00. The first-order chi connectivity index (χ1) is 11.4. The van der Waals surface area contributed by atoms with E-state index in [9.17, 15) is 4.79 Å². The number of aryl methyl sites for hydroxylation is 1. The van der Waals surface area contributed by atoms with Crippen LogP contribution in [-0.2, 0) is 17.8 Å². The molecule has 24 heavy (non-hydrogen) atoms. The average Bonchev–Trinajstić information content (AvgIpc) is 3.08. The maximum absolute atomic E-state index is 10.9. The molecule has 6 heteroatoms. The van der Waals surface area contributed by atoms with Gasteiger partial charge in [0.25, 0.3) is 0 Å². The molecule has 0 fully saturated rings. The summed E-state index contributed by atoms with van der Waals surface area (Å²) in [5.74, 6) is 0.416. The van der Waals surface area contributed by atoms with Crippen LogP contribution < -0.4 is 4.74 Å². The Morgan fingerprint density at radius 2 is 2.17 bits per heavy atom. The number of carboxylic acids is 1. The van der Waals surface area contributed by atoms with E-state index in [1.54, 1.807) is 22.7 Å². The fourth-order valence-electron chi connectivity index (χ4n) is 2.43. The van der Waals surface area contributed by atoms with Gasteiger partial charge in [0.05, 0.1) is 22.0 Å². The highest BCUT2D eigenvalue weighted by molar-refractivity contribution is 7.17. The zero-order chi connectivity index (χ0) is 17.3. The summed E-state index contributed by atoms with van der Waals surface area (Å²) in [5, 5.41) is 13.0. The van der Waals surface area contributed by atoms with Crippen LogP contribution in [0.3, 0.4) is 0 Å². The van der Waals surface area contributed by atoms with Gasteiger partial charge in [-0.05, 0) is 41.5 Å². The standard InChI is InChI=1S/C18H19NO3S2/c1-10(2)18-19-11(3)16(24-18)8-22-13-4-5-14-12(6-17(20)21)9-23-15(14)7-13/h4-5,7,9-10H,6,8H2,1-3H3,(H,20,21). The van der Waals surface area contributed by atoms with Crippen molar-refractivity contribution in [1.82, 2.24) is 4.98 Å². The van der Waals surface area contributed by atoms with E-state index >= 15 is 0 Å². The summed E-state index contributed by atoms with van der Waals surface area (Å²) < 4.78 is 6.97. The number of ether oxygens (including phenoxy) is 1. The molecule has 0 spiro atoms. The molecule has 1 aromatic carbocycles. The summed E-state index contributed by atoms with van der Waals surface area (Å²) in [7, 11) is 0. The number of hydrogen-bond acceptors (Lipinski definition) is 5. The third kappa shape index (κ3) is 3.60. The fourth-order valence-corrected chi connectivity index (χ4v) is 4.41. The minimum absolute atomic E-state index is 0.0538. The summed E-state index contributed by atoms with van der Waals surface area (Å²) in [6.45, 7) is 6.81. The number of fused-ring (bicyclic) bond motifs is 1. The normalized spacial score (nSPS) is 11.3. The number of rotatable bonds is 6. The largest absolute Gasteiger partial charge is 0.488 e. The number of carboxylic acid groups (broad SMARTS) is 1. The Bertz CT molecular complexity index is 880. The van der Waals surface area contributed by atoms with E-state index in [0.717, 1.165) is 37.0 Å². The van der Waals surface area contributed by atoms with Gasteiger partial charge in [0, 0.05) is 10.6 Å². The van der Waals surface area contributed by atoms with Gasteiger partial charge in [-0.1, -0.05) is 13.8 Å². The van der Waals surface area contributed by atoms with E-state index in [2.05, 4.69) is 18.8 Å². The molecular formula is C18H19NO3S2. The first kappa shape index (κ1) is 16.9. The van der Waals surface area contributed by atoms with Gasteiger partial charge in [-0.15, -0.1) is 22.7 Å². The third-order valence-electron chi connectivity index (χ3n) is 3.74. The van der Waals surface area contributed by atoms with Crippen molar-refractivity contribution in [3.63, 3.8) is 0 Å². The van der Waals surface area contributed by atoms with Gasteiger partial charge in [0.1, 0.15) is 12.4 Å². The van der Waals surface area contributed by atoms with Crippen molar-refractivity contribution >= 4 is 38.7 Å². The number of hydrogen-bond donors (Lipinski definition) is 1. The molecule has 1 N–H and O–H groups in total. The first-order valence-corrected chi connectivity index (χ1v) is 9.44. The number of aromatic nitrogens is 1. The molecule has 3 rings (SSSR count). The first-order valence-electron chi connectivity index (χ1n) is 7.75. The van der Waals surface area contributed by atoms with Crippen LogP contribution in [0, 0.1) is 6.92 Å². The number of carbonyl (C=O) groups is 1. The Labute approximate surface area is 148 Å². The van der Waals surface area contributed by atoms with Gasteiger partial charge < -0.3 is 9.84 Å². The van der Waals surface area contributed by atoms with Crippen molar-refractivity contribution < 1.29 is 14.6 Å². The van der Waals surface area contributed by atoms with Crippen molar-refractivity contribution in [3.8, 4) is 5.75 Å². The fraction of sp³-hybridized carbons (Fsp3) is 0.333. The molecule has 0 atom stereocenters. The molecule has 0 aliphatic carbocycles. The second-order valence-corrected chi connectivity index (χ2v) is 8.02. The molecule has 4 nitrogen and oxygen atoms in total. The summed E-state index contributed by atoms with van der Waals surface area (Å²) in [5.41, 5.74) is 1.89. The van der Waals surface area contributed by atoms with Crippen LogP contribution in [0.4, 0.5) is 0 Å². The Morgan fingerprint density at radius 3 is 2.83 bits per heavy atom. The summed E-state index contributed by atoms with van der Waals surface area (Å²) in [4.78, 5) is 16.6. The molecule has 2 heterocycles. The number of nitrogens with zero attached hydrogens (tertiary/aromatic N) is 1. The Morgan fingerprint density at radius 1 is 1.38 bits per heavy atom. The lowest BCUT2D eigenvalue weighted by Crippen LogP contribution is -1.98. The molecule has 126 valence electrons. The van der Waals surface area contributed by atoms with E-state index in [0.29, 0.717) is 12.5 Å². The van der Waals surface area contributed by atoms with Crippen molar-refractivity contribution in [1.29, 1.82) is 0 Å². The molecule has 0 radical (unpaired) electrons. The molecule has 0 aliphatic rings. The van der Waals surface area contributed by atoms with Gasteiger partial charge in [-0.3, -0.25) is 4.79 Å². The van der Waals surface area contributed by atoms with Crippen LogP contribution in [-0.4, -0.2) is 16.1 Å². The second-order valence-electron chi connectivity index (χ2n) is 5.99. The zero-order valence-electron chi connectivity index (χ0n) is 13.8. The molecule has 2 aromatic heterocycles. The Hall–Kier alpha value is -1.92. The van der Waals surface area contributed by atoms with Gasteiger partial charge in [0.2, 0.25) is 0 Å². The lowest BCUT2D eigenvalue weighted by Gasteiger charge is -2.05. The van der Waals surface area contributed by atoms with Crippen molar-refractivity contribution in [2.45, 2.75) is 39.7 Å². The number of thiophene rings is 1. The van der Waals surface area contributed by atoms with E-state index in [1.807, 2.05) is 30.5 Å². The van der Waals surface area contributed by atoms with Crippen molar-refractivity contribution in [3.05, 3.63) is 44.7 Å². The van der Waals surface area contributed by atoms with Gasteiger partial charge in [-0.2, -0.15) is 0 Å². The van der Waals surface area contributed by atoms with Gasteiger partial charge >= 0.3 is 5.97 Å². The molecule has 0 amide bonds. The van der Waals surface area contributed by atoms with Crippen molar-refractivity contribution in [2.24, 2.45) is 0 Å². The van der Waals surface area contributed by atoms with E-state index in [1.165, 1.54) is 0 Å². The van der Waals surface area contributed by atoms with Gasteiger partial charge in [-0.25, -0.2) is 4.98 Å². The number of thiazole rings is 1. The predicted molar refractivity (Wildman–Crippen MR) is 98.4 cm³/mol. The number of aliphatic carboxylic acids is 1. The molecule has 0 bridgehead atoms. The van der Waals surface area contributed by atoms with Crippen LogP contribution in [0.5, 0.6) is 5.75 Å². The van der Waals surface area contributed by atoms with Crippen LogP contribution in [0.1, 0.15) is 40.9 Å². The summed E-state index contributed by atoms with van der Waals surface area (Å²) in [6.07, 6.45) is 0.0538. The third-order valence-corrected chi connectivity index (χ3v) is 6.17. The molecule has 0 saturated carbocycles. The highest BCUT2D eigenvalue weighted by Crippen LogP contribution is 2.31. The summed E-state index contributed by atoms with van der Waals surface area (Å²) >= 11 is 3.25. The maximum Gasteiger partial charge on any atom is 0.307 e. The molecule has 0 unspecified atom stereocenters. The van der Waals surface area contributed by atoms with Crippen molar-refractivity contribution in [2.75, 3.05) is 0 Å². The minimum atomic E-state index is -0.809. The topological polar surface area (TPSA) is 59.4 Å². The van der Waals surface area contributed by atoms with Crippen LogP contribution in [0.2, 0.25) is 0 Å². The Kier molecular flexibility index (Phi) is 4.87. The van der Waals surface area contributed by atoms with Crippen LogP contribution in [0.25, 0.3) is 10.1 Å². The van der Waals surface area contributed by atoms with Gasteiger partial charge in [0.15, 0.2) is 0 Å². The molecule has 3 aromatic rings. The van der Waals surface area contributed by atoms with E-state index < -0.39 is 5.97 Å². The maximum atomic E-state index is 10.9. The molecule has 0 aliphatic heterocycles. The lowest BCUT2D eigenvalue weighted by atomic mass is 10.1. The molecule has 0 saturated heterocycles. The Balaban J connectivity index is 1.75. The highest BCUT2D eigenvalue weighted by Gasteiger charge is 2.12.